The average molecular weight is 337 g/mol. The Balaban J connectivity index is 2.65. The Labute approximate surface area is 141 Å². The summed E-state index contributed by atoms with van der Waals surface area (Å²) in [6, 6.07) is 3.47. The standard InChI is InChI=1S/C17H23NO6/c1-11(2)6-16(20)24-10-15(19)18-9-12-7-13(21-3)17(23-5)14(8-12)22-4/h6-8H,9-10H2,1-5H3,(H,18,19). The first kappa shape index (κ1) is 19.3. The quantitative estimate of drug-likeness (QED) is 0.576. The Hall–Kier alpha value is -2.70. The highest BCUT2D eigenvalue weighted by Crippen LogP contribution is 2.38. The lowest BCUT2D eigenvalue weighted by Gasteiger charge is -2.14. The highest BCUT2D eigenvalue weighted by atomic mass is 16.5. The molecule has 1 aromatic carbocycles. The number of amides is 1. The van der Waals surface area contributed by atoms with Crippen molar-refractivity contribution in [1.29, 1.82) is 0 Å². The predicted octanol–water partition coefficient (Wildman–Crippen LogP) is 1.84. The number of benzene rings is 1. The number of hydrogen-bond acceptors (Lipinski definition) is 6. The molecule has 7 nitrogen and oxygen atoms in total. The van der Waals surface area contributed by atoms with Crippen LogP contribution in [-0.2, 0) is 20.9 Å². The molecule has 1 rings (SSSR count). The number of ether oxygens (including phenoxy) is 4. The lowest BCUT2D eigenvalue weighted by molar-refractivity contribution is -0.143. The van der Waals surface area contributed by atoms with Crippen molar-refractivity contribution >= 4 is 11.9 Å². The van der Waals surface area contributed by atoms with E-state index in [1.54, 1.807) is 26.0 Å². The second kappa shape index (κ2) is 9.44. The summed E-state index contributed by atoms with van der Waals surface area (Å²) in [6.45, 7) is 3.43. The number of carbonyl (C=O) groups excluding carboxylic acids is 2. The largest absolute Gasteiger partial charge is 0.493 e. The molecule has 0 atom stereocenters. The summed E-state index contributed by atoms with van der Waals surface area (Å²) in [5.41, 5.74) is 1.56. The molecule has 0 aliphatic carbocycles. The van der Waals surface area contributed by atoms with Gasteiger partial charge in [0, 0.05) is 12.6 Å². The maximum absolute atomic E-state index is 11.7. The minimum absolute atomic E-state index is 0.232. The topological polar surface area (TPSA) is 83.1 Å². The molecule has 0 saturated carbocycles. The first-order chi connectivity index (χ1) is 11.4. The van der Waals surface area contributed by atoms with E-state index in [-0.39, 0.29) is 13.2 Å². The molecule has 0 fully saturated rings. The maximum atomic E-state index is 11.7. The second-order valence-electron chi connectivity index (χ2n) is 5.14. The molecule has 0 unspecified atom stereocenters. The lowest BCUT2D eigenvalue weighted by Crippen LogP contribution is -2.28. The molecule has 1 aromatic rings. The number of methoxy groups -OCH3 is 3. The maximum Gasteiger partial charge on any atom is 0.331 e. The van der Waals surface area contributed by atoms with Gasteiger partial charge in [-0.3, -0.25) is 4.79 Å². The van der Waals surface area contributed by atoms with Gasteiger partial charge in [-0.2, -0.15) is 0 Å². The van der Waals surface area contributed by atoms with E-state index >= 15 is 0 Å². The van der Waals surface area contributed by atoms with Crippen molar-refractivity contribution in [3.8, 4) is 17.2 Å². The fraction of sp³-hybridized carbons (Fsp3) is 0.412. The van der Waals surface area contributed by atoms with Crippen LogP contribution in [-0.4, -0.2) is 39.8 Å². The van der Waals surface area contributed by atoms with Crippen LogP contribution < -0.4 is 19.5 Å². The first-order valence-electron chi connectivity index (χ1n) is 7.28. The van der Waals surface area contributed by atoms with Crippen LogP contribution in [0.4, 0.5) is 0 Å². The molecular weight excluding hydrogens is 314 g/mol. The fourth-order valence-corrected chi connectivity index (χ4v) is 1.90. The van der Waals surface area contributed by atoms with E-state index in [1.807, 2.05) is 0 Å². The third kappa shape index (κ3) is 5.83. The van der Waals surface area contributed by atoms with Crippen LogP contribution in [0.1, 0.15) is 19.4 Å². The molecule has 0 aliphatic heterocycles. The number of nitrogens with one attached hydrogen (secondary N) is 1. The summed E-state index contributed by atoms with van der Waals surface area (Å²) < 4.78 is 20.6. The Morgan fingerprint density at radius 3 is 2.08 bits per heavy atom. The van der Waals surface area contributed by atoms with E-state index < -0.39 is 11.9 Å². The van der Waals surface area contributed by atoms with E-state index in [0.29, 0.717) is 17.2 Å². The summed E-state index contributed by atoms with van der Waals surface area (Å²) in [4.78, 5) is 23.1. The number of hydrogen-bond donors (Lipinski definition) is 1. The van der Waals surface area contributed by atoms with Crippen LogP contribution in [0.3, 0.4) is 0 Å². The van der Waals surface area contributed by atoms with Crippen LogP contribution in [0.5, 0.6) is 17.2 Å². The van der Waals surface area contributed by atoms with Gasteiger partial charge < -0.3 is 24.3 Å². The van der Waals surface area contributed by atoms with Crippen LogP contribution in [0.25, 0.3) is 0 Å². The minimum atomic E-state index is -0.544. The molecule has 7 heteroatoms. The van der Waals surface area contributed by atoms with Gasteiger partial charge in [0.1, 0.15) is 0 Å². The van der Waals surface area contributed by atoms with Crippen molar-refractivity contribution in [2.24, 2.45) is 0 Å². The van der Waals surface area contributed by atoms with E-state index in [1.165, 1.54) is 27.4 Å². The zero-order valence-electron chi connectivity index (χ0n) is 14.6. The summed E-state index contributed by atoms with van der Waals surface area (Å²) in [7, 11) is 4.55. The number of allylic oxidation sites excluding steroid dienone is 1. The molecule has 0 spiro atoms. The number of esters is 1. The van der Waals surface area contributed by atoms with Gasteiger partial charge >= 0.3 is 5.97 Å². The summed E-state index contributed by atoms with van der Waals surface area (Å²) in [6.07, 6.45) is 1.33. The molecular formula is C17H23NO6. The van der Waals surface area contributed by atoms with Crippen molar-refractivity contribution in [3.63, 3.8) is 0 Å². The Morgan fingerprint density at radius 1 is 1.04 bits per heavy atom. The van der Waals surface area contributed by atoms with Crippen LogP contribution >= 0.6 is 0 Å². The molecule has 0 aromatic heterocycles. The fourth-order valence-electron chi connectivity index (χ4n) is 1.90. The van der Waals surface area contributed by atoms with Gasteiger partial charge in [0.2, 0.25) is 5.75 Å². The van der Waals surface area contributed by atoms with Crippen molar-refractivity contribution in [2.45, 2.75) is 20.4 Å². The zero-order valence-corrected chi connectivity index (χ0v) is 14.6. The summed E-state index contributed by atoms with van der Waals surface area (Å²) >= 11 is 0. The minimum Gasteiger partial charge on any atom is -0.493 e. The zero-order chi connectivity index (χ0) is 18.1. The van der Waals surface area contributed by atoms with Crippen molar-refractivity contribution in [3.05, 3.63) is 29.3 Å². The SMILES string of the molecule is COc1cc(CNC(=O)COC(=O)C=C(C)C)cc(OC)c1OC. The second-order valence-corrected chi connectivity index (χ2v) is 5.14. The van der Waals surface area contributed by atoms with Gasteiger partial charge in [0.15, 0.2) is 18.1 Å². The molecule has 0 saturated heterocycles. The van der Waals surface area contributed by atoms with Crippen molar-refractivity contribution in [2.75, 3.05) is 27.9 Å². The van der Waals surface area contributed by atoms with E-state index in [9.17, 15) is 9.59 Å². The van der Waals surface area contributed by atoms with E-state index in [0.717, 1.165) is 11.1 Å². The van der Waals surface area contributed by atoms with Crippen molar-refractivity contribution < 1.29 is 28.5 Å². The summed E-state index contributed by atoms with van der Waals surface area (Å²) in [5, 5.41) is 2.66. The Bertz CT molecular complexity index is 595. The van der Waals surface area contributed by atoms with E-state index in [4.69, 9.17) is 18.9 Å². The predicted molar refractivity (Wildman–Crippen MR) is 88.3 cm³/mol. The highest BCUT2D eigenvalue weighted by Gasteiger charge is 2.13. The molecule has 0 aliphatic rings. The van der Waals surface area contributed by atoms with Crippen molar-refractivity contribution in [1.82, 2.24) is 5.32 Å². The summed E-state index contributed by atoms with van der Waals surface area (Å²) in [5.74, 6) is 0.523. The number of rotatable bonds is 8. The van der Waals surface area contributed by atoms with Gasteiger partial charge in [-0.05, 0) is 31.5 Å². The molecule has 1 N–H and O–H groups in total. The van der Waals surface area contributed by atoms with Crippen LogP contribution in [0, 0.1) is 0 Å². The lowest BCUT2D eigenvalue weighted by atomic mass is 10.1. The highest BCUT2D eigenvalue weighted by molar-refractivity contribution is 5.86. The normalized spacial score (nSPS) is 9.71. The third-order valence-electron chi connectivity index (χ3n) is 2.97. The van der Waals surface area contributed by atoms with Crippen LogP contribution in [0.15, 0.2) is 23.8 Å². The first-order valence-corrected chi connectivity index (χ1v) is 7.28. The molecule has 1 amide bonds. The third-order valence-corrected chi connectivity index (χ3v) is 2.97. The monoisotopic (exact) mass is 337 g/mol. The van der Waals surface area contributed by atoms with Gasteiger partial charge in [0.05, 0.1) is 21.3 Å². The molecule has 0 bridgehead atoms. The molecule has 0 heterocycles. The Kier molecular flexibility index (Phi) is 7.61. The molecule has 0 radical (unpaired) electrons. The smallest absolute Gasteiger partial charge is 0.331 e. The van der Waals surface area contributed by atoms with Gasteiger partial charge in [-0.1, -0.05) is 5.57 Å². The van der Waals surface area contributed by atoms with Gasteiger partial charge in [0.25, 0.3) is 5.91 Å². The Morgan fingerprint density at radius 2 is 1.62 bits per heavy atom. The van der Waals surface area contributed by atoms with Gasteiger partial charge in [-0.25, -0.2) is 4.79 Å². The average Bonchev–Trinajstić information content (AvgIpc) is 2.56. The van der Waals surface area contributed by atoms with Gasteiger partial charge in [-0.15, -0.1) is 0 Å². The molecule has 24 heavy (non-hydrogen) atoms. The number of carbonyl (C=O) groups is 2. The molecule has 132 valence electrons. The van der Waals surface area contributed by atoms with E-state index in [2.05, 4.69) is 5.32 Å². The van der Waals surface area contributed by atoms with Crippen LogP contribution in [0.2, 0.25) is 0 Å².